The number of carbonyl (C=O) groups is 2. The zero-order valence-corrected chi connectivity index (χ0v) is 19.5. The highest BCUT2D eigenvalue weighted by Crippen LogP contribution is 2.34. The Hall–Kier alpha value is -1.40. The molecule has 0 N–H and O–H groups in total. The van der Waals surface area contributed by atoms with E-state index in [0.29, 0.717) is 5.91 Å². The van der Waals surface area contributed by atoms with Gasteiger partial charge in [-0.1, -0.05) is 19.3 Å². The van der Waals surface area contributed by atoms with Crippen molar-refractivity contribution in [3.63, 3.8) is 0 Å². The van der Waals surface area contributed by atoms with Crippen LogP contribution in [0.25, 0.3) is 0 Å². The van der Waals surface area contributed by atoms with Crippen molar-refractivity contribution >= 4 is 23.2 Å². The van der Waals surface area contributed by atoms with Gasteiger partial charge in [-0.05, 0) is 57.6 Å². The van der Waals surface area contributed by atoms with Crippen molar-refractivity contribution in [3.8, 4) is 0 Å². The number of aryl methyl sites for hydroxylation is 1. The molecule has 4 rings (SSSR count). The smallest absolute Gasteiger partial charge is 0.263 e. The molecule has 1 aromatic rings. The van der Waals surface area contributed by atoms with Crippen molar-refractivity contribution in [1.82, 2.24) is 14.7 Å². The number of nitrogens with zero attached hydrogens (tertiary/aromatic N) is 3. The van der Waals surface area contributed by atoms with Crippen LogP contribution in [0, 0.1) is 5.92 Å². The van der Waals surface area contributed by atoms with Gasteiger partial charge in [-0.2, -0.15) is 0 Å². The summed E-state index contributed by atoms with van der Waals surface area (Å²) in [4.78, 5) is 34.7. The van der Waals surface area contributed by atoms with Crippen molar-refractivity contribution in [3.05, 3.63) is 21.4 Å². The Morgan fingerprint density at radius 1 is 1.03 bits per heavy atom. The molecule has 2 aliphatic carbocycles. The standard InChI is InChI=1S/C24H37N3O2S/c1-3-25(4-2)24(29)22-17-19-16-18(10-11-21(19)30-22)23(28)27-14-12-26(13-15-27)20-8-6-5-7-9-20/h17-18,20H,3-16H2,1-2H3. The van der Waals surface area contributed by atoms with Gasteiger partial charge in [-0.3, -0.25) is 14.5 Å². The number of carbonyl (C=O) groups excluding carboxylic acids is 2. The highest BCUT2D eigenvalue weighted by atomic mass is 32.1. The molecular formula is C24H37N3O2S. The second-order valence-electron chi connectivity index (χ2n) is 9.13. The minimum absolute atomic E-state index is 0.0877. The van der Waals surface area contributed by atoms with Crippen molar-refractivity contribution in [2.24, 2.45) is 5.92 Å². The summed E-state index contributed by atoms with van der Waals surface area (Å²) in [6, 6.07) is 2.82. The Morgan fingerprint density at radius 2 is 1.73 bits per heavy atom. The summed E-state index contributed by atoms with van der Waals surface area (Å²) in [6.45, 7) is 9.37. The third kappa shape index (κ3) is 4.59. The van der Waals surface area contributed by atoms with Crippen LogP contribution in [0.15, 0.2) is 6.07 Å². The van der Waals surface area contributed by atoms with Crippen LogP contribution in [-0.2, 0) is 17.6 Å². The third-order valence-electron chi connectivity index (χ3n) is 7.41. The first-order valence-electron chi connectivity index (χ1n) is 12.0. The molecule has 1 atom stereocenters. The molecule has 2 amide bonds. The minimum Gasteiger partial charge on any atom is -0.340 e. The summed E-state index contributed by atoms with van der Waals surface area (Å²) < 4.78 is 0. The lowest BCUT2D eigenvalue weighted by Gasteiger charge is -2.41. The molecule has 5 nitrogen and oxygen atoms in total. The largest absolute Gasteiger partial charge is 0.340 e. The average Bonchev–Trinajstić information content (AvgIpc) is 3.23. The first-order valence-corrected chi connectivity index (χ1v) is 12.9. The number of amides is 2. The van der Waals surface area contributed by atoms with Crippen LogP contribution in [-0.4, -0.2) is 71.8 Å². The molecular weight excluding hydrogens is 394 g/mol. The number of hydrogen-bond acceptors (Lipinski definition) is 4. The molecule has 3 aliphatic rings. The Bertz CT molecular complexity index is 744. The monoisotopic (exact) mass is 431 g/mol. The molecule has 0 bridgehead atoms. The van der Waals surface area contributed by atoms with Gasteiger partial charge >= 0.3 is 0 Å². The van der Waals surface area contributed by atoms with E-state index < -0.39 is 0 Å². The lowest BCUT2D eigenvalue weighted by molar-refractivity contribution is -0.138. The van der Waals surface area contributed by atoms with E-state index in [0.717, 1.165) is 69.4 Å². The van der Waals surface area contributed by atoms with Crippen molar-refractivity contribution in [1.29, 1.82) is 0 Å². The van der Waals surface area contributed by atoms with Gasteiger partial charge in [0.05, 0.1) is 4.88 Å². The number of thiophene rings is 1. The fraction of sp³-hybridized carbons (Fsp3) is 0.750. The van der Waals surface area contributed by atoms with E-state index in [1.165, 1.54) is 42.5 Å². The fourth-order valence-electron chi connectivity index (χ4n) is 5.52. The predicted octanol–water partition coefficient (Wildman–Crippen LogP) is 3.81. The van der Waals surface area contributed by atoms with E-state index in [2.05, 4.69) is 15.9 Å². The van der Waals surface area contributed by atoms with Crippen LogP contribution < -0.4 is 0 Å². The second-order valence-corrected chi connectivity index (χ2v) is 10.3. The van der Waals surface area contributed by atoms with Crippen LogP contribution in [0.5, 0.6) is 0 Å². The first-order chi connectivity index (χ1) is 14.6. The summed E-state index contributed by atoms with van der Waals surface area (Å²) in [7, 11) is 0. The SMILES string of the molecule is CCN(CC)C(=O)c1cc2c(s1)CCC(C(=O)N1CCN(C3CCCCC3)CC1)C2. The van der Waals surface area contributed by atoms with Gasteiger partial charge < -0.3 is 9.80 Å². The summed E-state index contributed by atoms with van der Waals surface area (Å²) in [5, 5.41) is 0. The topological polar surface area (TPSA) is 43.9 Å². The molecule has 1 aromatic heterocycles. The van der Waals surface area contributed by atoms with E-state index in [1.54, 1.807) is 11.3 Å². The quantitative estimate of drug-likeness (QED) is 0.712. The van der Waals surface area contributed by atoms with Crippen LogP contribution >= 0.6 is 11.3 Å². The Labute approximate surface area is 185 Å². The van der Waals surface area contributed by atoms with Crippen LogP contribution in [0.2, 0.25) is 0 Å². The summed E-state index contributed by atoms with van der Waals surface area (Å²) in [6.07, 6.45) is 9.47. The zero-order chi connectivity index (χ0) is 21.1. The number of fused-ring (bicyclic) bond motifs is 1. The van der Waals surface area contributed by atoms with Gasteiger partial charge in [0.25, 0.3) is 5.91 Å². The Morgan fingerprint density at radius 3 is 2.40 bits per heavy atom. The van der Waals surface area contributed by atoms with E-state index in [9.17, 15) is 9.59 Å². The Balaban J connectivity index is 1.33. The van der Waals surface area contributed by atoms with Crippen molar-refractivity contribution in [2.75, 3.05) is 39.3 Å². The maximum atomic E-state index is 13.2. The molecule has 1 saturated heterocycles. The minimum atomic E-state index is 0.0877. The van der Waals surface area contributed by atoms with Gasteiger partial charge in [0, 0.05) is 56.1 Å². The molecule has 1 aliphatic heterocycles. The summed E-state index contributed by atoms with van der Waals surface area (Å²) in [5.41, 5.74) is 1.24. The van der Waals surface area contributed by atoms with Crippen LogP contribution in [0.4, 0.5) is 0 Å². The van der Waals surface area contributed by atoms with Crippen molar-refractivity contribution in [2.45, 2.75) is 71.3 Å². The maximum absolute atomic E-state index is 13.2. The van der Waals surface area contributed by atoms with Gasteiger partial charge in [-0.25, -0.2) is 0 Å². The van der Waals surface area contributed by atoms with E-state index in [1.807, 2.05) is 18.7 Å². The highest BCUT2D eigenvalue weighted by molar-refractivity contribution is 7.14. The normalized spacial score (nSPS) is 23.3. The predicted molar refractivity (Wildman–Crippen MR) is 122 cm³/mol. The molecule has 1 saturated carbocycles. The van der Waals surface area contributed by atoms with Crippen LogP contribution in [0.3, 0.4) is 0 Å². The lowest BCUT2D eigenvalue weighted by Crippen LogP contribution is -2.53. The molecule has 30 heavy (non-hydrogen) atoms. The van der Waals surface area contributed by atoms with Gasteiger partial charge in [0.2, 0.25) is 5.91 Å². The number of rotatable bonds is 5. The van der Waals surface area contributed by atoms with E-state index in [4.69, 9.17) is 0 Å². The van der Waals surface area contributed by atoms with Gasteiger partial charge in [0.15, 0.2) is 0 Å². The molecule has 2 heterocycles. The number of hydrogen-bond donors (Lipinski definition) is 0. The van der Waals surface area contributed by atoms with Crippen molar-refractivity contribution < 1.29 is 9.59 Å². The number of piperazine rings is 1. The van der Waals surface area contributed by atoms with E-state index in [-0.39, 0.29) is 11.8 Å². The molecule has 0 radical (unpaired) electrons. The molecule has 2 fully saturated rings. The van der Waals surface area contributed by atoms with Gasteiger partial charge in [-0.15, -0.1) is 11.3 Å². The lowest BCUT2D eigenvalue weighted by atomic mass is 9.87. The van der Waals surface area contributed by atoms with Crippen LogP contribution in [0.1, 0.15) is 72.5 Å². The summed E-state index contributed by atoms with van der Waals surface area (Å²) in [5.74, 6) is 0.567. The fourth-order valence-corrected chi connectivity index (χ4v) is 6.69. The molecule has 0 aromatic carbocycles. The Kier molecular flexibility index (Phi) is 7.14. The summed E-state index contributed by atoms with van der Waals surface area (Å²) >= 11 is 1.65. The average molecular weight is 432 g/mol. The molecule has 1 unspecified atom stereocenters. The third-order valence-corrected chi connectivity index (χ3v) is 8.64. The molecule has 166 valence electrons. The molecule has 0 spiro atoms. The zero-order valence-electron chi connectivity index (χ0n) is 18.7. The van der Waals surface area contributed by atoms with Gasteiger partial charge in [0.1, 0.15) is 0 Å². The van der Waals surface area contributed by atoms with E-state index >= 15 is 0 Å². The maximum Gasteiger partial charge on any atom is 0.263 e. The molecule has 6 heteroatoms. The second kappa shape index (κ2) is 9.82. The first kappa shape index (κ1) is 21.8. The highest BCUT2D eigenvalue weighted by Gasteiger charge is 2.33.